The number of hydrogen-bond donors (Lipinski definition) is 3. The van der Waals surface area contributed by atoms with Crippen molar-refractivity contribution in [3.8, 4) is 5.75 Å². The van der Waals surface area contributed by atoms with E-state index in [1.165, 1.54) is 12.1 Å². The molecular weight excluding hydrogens is 524 g/mol. The largest absolute Gasteiger partial charge is 0.489 e. The van der Waals surface area contributed by atoms with Crippen molar-refractivity contribution in [2.75, 3.05) is 44.2 Å². The molecule has 2 heterocycles. The zero-order chi connectivity index (χ0) is 27.8. The van der Waals surface area contributed by atoms with Gasteiger partial charge in [-0.05, 0) is 38.8 Å². The van der Waals surface area contributed by atoms with Crippen LogP contribution in [0.2, 0.25) is 0 Å². The van der Waals surface area contributed by atoms with Crippen LogP contribution in [0, 0.1) is 17.7 Å². The van der Waals surface area contributed by atoms with Crippen LogP contribution in [0.25, 0.3) is 0 Å². The maximum atomic E-state index is 13.9. The lowest BCUT2D eigenvalue weighted by Gasteiger charge is -2.36. The highest BCUT2D eigenvalue weighted by atomic mass is 31.2. The summed E-state index contributed by atoms with van der Waals surface area (Å²) < 4.78 is 35.5. The maximum absolute atomic E-state index is 13.9. The van der Waals surface area contributed by atoms with E-state index in [-0.39, 0.29) is 37.1 Å². The van der Waals surface area contributed by atoms with Crippen LogP contribution in [0.4, 0.5) is 10.1 Å². The Morgan fingerprint density at radius 3 is 2.32 bits per heavy atom. The van der Waals surface area contributed by atoms with E-state index in [2.05, 4.69) is 4.52 Å². The number of benzene rings is 1. The van der Waals surface area contributed by atoms with E-state index >= 15 is 0 Å². The van der Waals surface area contributed by atoms with Crippen LogP contribution < -0.4 is 9.64 Å². The summed E-state index contributed by atoms with van der Waals surface area (Å²) in [4.78, 5) is 61.4. The van der Waals surface area contributed by atoms with Gasteiger partial charge >= 0.3 is 7.82 Å². The van der Waals surface area contributed by atoms with Crippen molar-refractivity contribution in [1.29, 1.82) is 0 Å². The summed E-state index contributed by atoms with van der Waals surface area (Å²) in [6.07, 6.45) is -3.10. The van der Waals surface area contributed by atoms with Crippen molar-refractivity contribution in [3.05, 3.63) is 24.0 Å². The van der Waals surface area contributed by atoms with Crippen LogP contribution in [0.5, 0.6) is 5.75 Å². The van der Waals surface area contributed by atoms with Gasteiger partial charge in [-0.25, -0.2) is 8.96 Å². The van der Waals surface area contributed by atoms with E-state index < -0.39 is 50.2 Å². The van der Waals surface area contributed by atoms with E-state index in [0.29, 0.717) is 37.6 Å². The third-order valence-corrected chi connectivity index (χ3v) is 7.61. The van der Waals surface area contributed by atoms with Crippen LogP contribution in [0.15, 0.2) is 18.2 Å². The quantitative estimate of drug-likeness (QED) is 0.288. The molecule has 38 heavy (non-hydrogen) atoms. The molecule has 2 amide bonds. The van der Waals surface area contributed by atoms with Gasteiger partial charge in [0.15, 0.2) is 5.78 Å². The summed E-state index contributed by atoms with van der Waals surface area (Å²) in [6, 6.07) is 4.37. The lowest BCUT2D eigenvalue weighted by Crippen LogP contribution is -2.49. The number of likely N-dealkylation sites (tertiary alicyclic amines) is 1. The number of imide groups is 1. The van der Waals surface area contributed by atoms with Crippen LogP contribution in [-0.2, 0) is 23.5 Å². The third-order valence-electron chi connectivity index (χ3n) is 7.07. The first-order valence-electron chi connectivity index (χ1n) is 12.5. The summed E-state index contributed by atoms with van der Waals surface area (Å²) in [5.74, 6) is -3.08. The van der Waals surface area contributed by atoms with Gasteiger partial charge in [-0.3, -0.25) is 28.7 Å². The summed E-state index contributed by atoms with van der Waals surface area (Å²) in [6.45, 7) is 5.43. The molecule has 14 heteroatoms. The van der Waals surface area contributed by atoms with Gasteiger partial charge in [-0.15, -0.1) is 0 Å². The highest BCUT2D eigenvalue weighted by Gasteiger charge is 2.53. The molecule has 3 aliphatic rings. The van der Waals surface area contributed by atoms with Crippen molar-refractivity contribution in [1.82, 2.24) is 9.80 Å². The zero-order valence-electron chi connectivity index (χ0n) is 21.2. The highest BCUT2D eigenvalue weighted by molar-refractivity contribution is 7.46. The van der Waals surface area contributed by atoms with E-state index in [1.54, 1.807) is 6.07 Å². The Morgan fingerprint density at radius 1 is 1.08 bits per heavy atom. The minimum atomic E-state index is -4.90. The van der Waals surface area contributed by atoms with Crippen molar-refractivity contribution in [2.24, 2.45) is 11.8 Å². The molecule has 12 nitrogen and oxygen atoms in total. The first-order chi connectivity index (χ1) is 17.8. The average molecular weight is 558 g/mol. The SMILES string of the molecule is CC(C)Oc1ccc(F)cc1N1CCN(CC(=O)CN2C(=O)C3CC(O)C(OP(=O)(O)O)CC3C2=O)CC1. The summed E-state index contributed by atoms with van der Waals surface area (Å²) >= 11 is 0. The molecule has 3 N–H and O–H groups in total. The van der Waals surface area contributed by atoms with E-state index in [0.717, 1.165) is 4.90 Å². The van der Waals surface area contributed by atoms with E-state index in [1.807, 2.05) is 23.6 Å². The number of phosphoric ester groups is 1. The summed E-state index contributed by atoms with van der Waals surface area (Å²) in [7, 11) is -4.90. The van der Waals surface area contributed by atoms with Crippen molar-refractivity contribution in [2.45, 2.75) is 45.0 Å². The minimum absolute atomic E-state index is 0.0191. The standard InChI is InChI=1S/C24H33FN3O9P/c1-14(2)36-21-4-3-15(25)9-19(21)27-7-5-26(6-8-27)12-16(29)13-28-23(31)17-10-20(30)22(37-38(33,34)35)11-18(17)24(28)32/h3-4,9,14,17-18,20,22,30H,5-8,10-13H2,1-2H3,(H2,33,34,35). The van der Waals surface area contributed by atoms with Crippen molar-refractivity contribution in [3.63, 3.8) is 0 Å². The fraction of sp³-hybridized carbons (Fsp3) is 0.625. The number of anilines is 1. The molecule has 1 aromatic carbocycles. The monoisotopic (exact) mass is 557 g/mol. The van der Waals surface area contributed by atoms with Crippen LogP contribution in [0.1, 0.15) is 26.7 Å². The van der Waals surface area contributed by atoms with Crippen molar-refractivity contribution >= 4 is 31.1 Å². The molecular formula is C24H33FN3O9P. The molecule has 0 radical (unpaired) electrons. The van der Waals surface area contributed by atoms with Crippen molar-refractivity contribution < 1.29 is 47.5 Å². The predicted octanol–water partition coefficient (Wildman–Crippen LogP) is 0.538. The molecule has 4 rings (SSSR count). The number of halogens is 1. The summed E-state index contributed by atoms with van der Waals surface area (Å²) in [5.41, 5.74) is 0.642. The number of aliphatic hydroxyl groups excluding tert-OH is 1. The maximum Gasteiger partial charge on any atom is 0.469 e. The number of aliphatic hydroxyl groups is 1. The molecule has 2 aliphatic heterocycles. The number of carbonyl (C=O) groups excluding carboxylic acids is 3. The molecule has 3 fully saturated rings. The third kappa shape index (κ3) is 6.59. The molecule has 0 bridgehead atoms. The second kappa shape index (κ2) is 11.4. The predicted molar refractivity (Wildman–Crippen MR) is 132 cm³/mol. The first kappa shape index (κ1) is 28.6. The van der Waals surface area contributed by atoms with Gasteiger partial charge in [0.25, 0.3) is 0 Å². The van der Waals surface area contributed by atoms with Gasteiger partial charge in [0.2, 0.25) is 11.8 Å². The van der Waals surface area contributed by atoms with Crippen LogP contribution >= 0.6 is 7.82 Å². The van der Waals surface area contributed by atoms with Crippen LogP contribution in [0.3, 0.4) is 0 Å². The van der Waals surface area contributed by atoms with E-state index in [9.17, 15) is 28.4 Å². The second-order valence-electron chi connectivity index (χ2n) is 10.2. The Labute approximate surface area is 219 Å². The zero-order valence-corrected chi connectivity index (χ0v) is 22.1. The van der Waals surface area contributed by atoms with Crippen LogP contribution in [-0.4, -0.2) is 99.9 Å². The topological polar surface area (TPSA) is 157 Å². The molecule has 1 aliphatic carbocycles. The minimum Gasteiger partial charge on any atom is -0.489 e. The Balaban J connectivity index is 1.32. The van der Waals surface area contributed by atoms with Gasteiger partial charge in [-0.1, -0.05) is 0 Å². The highest BCUT2D eigenvalue weighted by Crippen LogP contribution is 2.45. The summed E-state index contributed by atoms with van der Waals surface area (Å²) in [5, 5.41) is 10.2. The molecule has 4 atom stereocenters. The molecule has 0 aromatic heterocycles. The fourth-order valence-electron chi connectivity index (χ4n) is 5.36. The van der Waals surface area contributed by atoms with Gasteiger partial charge in [0.05, 0.1) is 48.9 Å². The number of amides is 2. The molecule has 4 unspecified atom stereocenters. The fourth-order valence-corrected chi connectivity index (χ4v) is 5.94. The number of carbonyl (C=O) groups is 3. The first-order valence-corrected chi connectivity index (χ1v) is 14.1. The number of ether oxygens (including phenoxy) is 1. The lowest BCUT2D eigenvalue weighted by molar-refractivity contribution is -0.143. The van der Waals surface area contributed by atoms with Gasteiger partial charge in [0.1, 0.15) is 11.6 Å². The molecule has 210 valence electrons. The molecule has 1 aromatic rings. The Morgan fingerprint density at radius 2 is 1.71 bits per heavy atom. The van der Waals surface area contributed by atoms with Gasteiger partial charge in [0, 0.05) is 32.2 Å². The number of fused-ring (bicyclic) bond motifs is 1. The Kier molecular flexibility index (Phi) is 8.55. The number of hydrogen-bond acceptors (Lipinski definition) is 9. The average Bonchev–Trinajstić information content (AvgIpc) is 3.04. The molecule has 0 spiro atoms. The second-order valence-corrected chi connectivity index (χ2v) is 11.4. The normalized spacial score (nSPS) is 26.7. The number of nitrogens with zero attached hydrogens (tertiary/aromatic N) is 3. The Bertz CT molecular complexity index is 1120. The number of piperazine rings is 1. The number of phosphoric acid groups is 1. The lowest BCUT2D eigenvalue weighted by atomic mass is 9.78. The molecule has 1 saturated carbocycles. The number of rotatable bonds is 9. The smallest absolute Gasteiger partial charge is 0.469 e. The van der Waals surface area contributed by atoms with Gasteiger partial charge in [-0.2, -0.15) is 0 Å². The van der Waals surface area contributed by atoms with E-state index in [4.69, 9.17) is 14.5 Å². The van der Waals surface area contributed by atoms with Gasteiger partial charge < -0.3 is 24.5 Å². The number of Topliss-reactive ketones (excluding diaryl/α,β-unsaturated/α-hetero) is 1. The molecule has 2 saturated heterocycles. The number of ketones is 1. The Hall–Kier alpha value is -2.41.